The Morgan fingerprint density at radius 2 is 2.07 bits per heavy atom. The first-order valence-corrected chi connectivity index (χ1v) is 10.4. The summed E-state index contributed by atoms with van der Waals surface area (Å²) in [4.78, 5) is 27.3. The van der Waals surface area contributed by atoms with Gasteiger partial charge in [0.25, 0.3) is 0 Å². The molecule has 8 heteroatoms. The Bertz CT molecular complexity index is 888. The topological polar surface area (TPSA) is 92.9 Å². The molecule has 1 amide bonds. The molecule has 1 spiro atoms. The molecule has 0 unspecified atom stereocenters. The van der Waals surface area contributed by atoms with Crippen LogP contribution in [0.15, 0.2) is 10.6 Å². The fourth-order valence-corrected chi connectivity index (χ4v) is 5.51. The Morgan fingerprint density at radius 3 is 2.71 bits per heavy atom. The molecule has 1 fully saturated rings. The van der Waals surface area contributed by atoms with Crippen molar-refractivity contribution in [2.45, 2.75) is 51.6 Å². The number of carboxylic acid groups (broad SMARTS) is 1. The minimum Gasteiger partial charge on any atom is -0.477 e. The number of aromatic carboxylic acids is 1. The van der Waals surface area contributed by atoms with E-state index < -0.39 is 11.6 Å². The van der Waals surface area contributed by atoms with Crippen molar-refractivity contribution in [3.63, 3.8) is 0 Å². The first-order valence-electron chi connectivity index (χ1n) is 9.59. The van der Waals surface area contributed by atoms with Gasteiger partial charge in [0.2, 0.25) is 5.91 Å². The zero-order valence-corrected chi connectivity index (χ0v) is 16.9. The number of aromatic nitrogens is 1. The molecule has 2 aliphatic heterocycles. The van der Waals surface area contributed by atoms with Crippen LogP contribution in [0, 0.1) is 13.8 Å². The standard InChI is InChI=1S/C20H24N2O5S/c1-12-15(13(2)27-21-12)3-4-17(23)22-8-6-20(7-9-22)18-14(5-10-26-20)11-16(28-18)19(24)25/h11H,3-10H2,1-2H3,(H,24,25). The van der Waals surface area contributed by atoms with Crippen molar-refractivity contribution in [2.75, 3.05) is 19.7 Å². The van der Waals surface area contributed by atoms with Crippen molar-refractivity contribution in [3.8, 4) is 0 Å². The third-order valence-corrected chi connectivity index (χ3v) is 7.23. The van der Waals surface area contributed by atoms with Gasteiger partial charge in [-0.2, -0.15) is 0 Å². The molecule has 0 radical (unpaired) electrons. The van der Waals surface area contributed by atoms with Gasteiger partial charge in [0.1, 0.15) is 16.2 Å². The van der Waals surface area contributed by atoms with Gasteiger partial charge in [0, 0.05) is 30.0 Å². The largest absolute Gasteiger partial charge is 0.477 e. The predicted molar refractivity (Wildman–Crippen MR) is 103 cm³/mol. The van der Waals surface area contributed by atoms with Gasteiger partial charge in [0.15, 0.2) is 0 Å². The van der Waals surface area contributed by atoms with E-state index in [9.17, 15) is 14.7 Å². The maximum Gasteiger partial charge on any atom is 0.345 e. The molecule has 2 aromatic rings. The lowest BCUT2D eigenvalue weighted by Gasteiger charge is -2.43. The van der Waals surface area contributed by atoms with E-state index in [-0.39, 0.29) is 5.91 Å². The zero-order valence-electron chi connectivity index (χ0n) is 16.1. The summed E-state index contributed by atoms with van der Waals surface area (Å²) in [7, 11) is 0. The summed E-state index contributed by atoms with van der Waals surface area (Å²) in [5.74, 6) is 0.0164. The molecule has 0 aromatic carbocycles. The van der Waals surface area contributed by atoms with Crippen LogP contribution >= 0.6 is 11.3 Å². The highest BCUT2D eigenvalue weighted by molar-refractivity contribution is 7.14. The number of aryl methyl sites for hydroxylation is 2. The van der Waals surface area contributed by atoms with E-state index in [1.165, 1.54) is 11.3 Å². The van der Waals surface area contributed by atoms with E-state index >= 15 is 0 Å². The maximum absolute atomic E-state index is 12.7. The number of likely N-dealkylation sites (tertiary alicyclic amines) is 1. The number of thiophene rings is 1. The second-order valence-electron chi connectivity index (χ2n) is 7.55. The average Bonchev–Trinajstić information content (AvgIpc) is 3.26. The zero-order chi connectivity index (χ0) is 19.9. The van der Waals surface area contributed by atoms with E-state index in [1.54, 1.807) is 6.07 Å². The van der Waals surface area contributed by atoms with Crippen LogP contribution in [0.3, 0.4) is 0 Å². The van der Waals surface area contributed by atoms with Gasteiger partial charge in [-0.1, -0.05) is 5.16 Å². The molecule has 0 saturated carbocycles. The molecule has 4 heterocycles. The van der Waals surface area contributed by atoms with Gasteiger partial charge < -0.3 is 19.3 Å². The van der Waals surface area contributed by atoms with Crippen molar-refractivity contribution in [3.05, 3.63) is 38.4 Å². The van der Waals surface area contributed by atoms with Crippen molar-refractivity contribution < 1.29 is 24.0 Å². The minimum atomic E-state index is -0.888. The van der Waals surface area contributed by atoms with Gasteiger partial charge in [-0.3, -0.25) is 4.79 Å². The molecule has 1 N–H and O–H groups in total. The Hall–Kier alpha value is -2.19. The van der Waals surface area contributed by atoms with Crippen molar-refractivity contribution in [1.82, 2.24) is 10.1 Å². The highest BCUT2D eigenvalue weighted by Crippen LogP contribution is 2.45. The van der Waals surface area contributed by atoms with Gasteiger partial charge in [-0.15, -0.1) is 11.3 Å². The number of amides is 1. The average molecular weight is 404 g/mol. The van der Waals surface area contributed by atoms with Crippen LogP contribution < -0.4 is 0 Å². The lowest BCUT2D eigenvalue weighted by Crippen LogP contribution is -2.47. The SMILES string of the molecule is Cc1noc(C)c1CCC(=O)N1CCC2(CC1)OCCc1cc(C(=O)O)sc12. The molecule has 0 atom stereocenters. The van der Waals surface area contributed by atoms with Crippen LogP contribution in [-0.2, 0) is 28.0 Å². The number of hydrogen-bond acceptors (Lipinski definition) is 6. The number of nitrogens with zero attached hydrogens (tertiary/aromatic N) is 2. The summed E-state index contributed by atoms with van der Waals surface area (Å²) in [6, 6.07) is 1.79. The fraction of sp³-hybridized carbons (Fsp3) is 0.550. The number of piperidine rings is 1. The second-order valence-corrected chi connectivity index (χ2v) is 8.60. The Labute approximate surface area is 167 Å². The van der Waals surface area contributed by atoms with Gasteiger partial charge in [-0.25, -0.2) is 4.79 Å². The Kier molecular flexibility index (Phi) is 5.01. The number of carboxylic acids is 1. The third-order valence-electron chi connectivity index (χ3n) is 5.88. The number of carbonyl (C=O) groups is 2. The third kappa shape index (κ3) is 3.35. The van der Waals surface area contributed by atoms with Crippen LogP contribution in [0.5, 0.6) is 0 Å². The molecule has 2 aliphatic rings. The molecular formula is C20H24N2O5S. The van der Waals surface area contributed by atoms with Gasteiger partial charge in [-0.05, 0) is 51.2 Å². The van der Waals surface area contributed by atoms with Crippen LogP contribution in [0.1, 0.15) is 56.4 Å². The molecule has 28 heavy (non-hydrogen) atoms. The van der Waals surface area contributed by atoms with Crippen molar-refractivity contribution in [1.29, 1.82) is 0 Å². The highest BCUT2D eigenvalue weighted by atomic mass is 32.1. The van der Waals surface area contributed by atoms with Crippen LogP contribution in [-0.4, -0.2) is 46.7 Å². The smallest absolute Gasteiger partial charge is 0.345 e. The van der Waals surface area contributed by atoms with E-state index in [2.05, 4.69) is 5.16 Å². The molecule has 1 saturated heterocycles. The van der Waals surface area contributed by atoms with Crippen molar-refractivity contribution in [2.24, 2.45) is 0 Å². The maximum atomic E-state index is 12.7. The predicted octanol–water partition coefficient (Wildman–Crippen LogP) is 3.07. The summed E-state index contributed by atoms with van der Waals surface area (Å²) < 4.78 is 11.3. The molecule has 150 valence electrons. The first kappa shape index (κ1) is 19.1. The molecule has 2 aromatic heterocycles. The van der Waals surface area contributed by atoms with E-state index in [4.69, 9.17) is 9.26 Å². The summed E-state index contributed by atoms with van der Waals surface area (Å²) in [6.45, 7) is 5.61. The lowest BCUT2D eigenvalue weighted by atomic mass is 9.85. The number of hydrogen-bond donors (Lipinski definition) is 1. The quantitative estimate of drug-likeness (QED) is 0.842. The normalized spacial score (nSPS) is 18.3. The number of carbonyl (C=O) groups excluding carboxylic acids is 1. The second kappa shape index (κ2) is 7.33. The first-order chi connectivity index (χ1) is 13.4. The lowest BCUT2D eigenvalue weighted by molar-refractivity contribution is -0.140. The molecular weight excluding hydrogens is 380 g/mol. The number of fused-ring (bicyclic) bond motifs is 2. The fourth-order valence-electron chi connectivity index (χ4n) is 4.26. The summed E-state index contributed by atoms with van der Waals surface area (Å²) >= 11 is 1.32. The van der Waals surface area contributed by atoms with Crippen LogP contribution in [0.4, 0.5) is 0 Å². The van der Waals surface area contributed by atoms with Gasteiger partial charge >= 0.3 is 5.97 Å². The Balaban J connectivity index is 1.41. The van der Waals surface area contributed by atoms with E-state index in [0.29, 0.717) is 50.3 Å². The minimum absolute atomic E-state index is 0.128. The summed E-state index contributed by atoms with van der Waals surface area (Å²) in [5.41, 5.74) is 2.51. The molecule has 7 nitrogen and oxygen atoms in total. The Morgan fingerprint density at radius 1 is 1.32 bits per heavy atom. The summed E-state index contributed by atoms with van der Waals surface area (Å²) in [5, 5.41) is 13.3. The van der Waals surface area contributed by atoms with E-state index in [0.717, 1.165) is 33.9 Å². The van der Waals surface area contributed by atoms with Crippen LogP contribution in [0.25, 0.3) is 0 Å². The number of ether oxygens (including phenoxy) is 1. The van der Waals surface area contributed by atoms with Crippen molar-refractivity contribution >= 4 is 23.2 Å². The summed E-state index contributed by atoms with van der Waals surface area (Å²) in [6.07, 6.45) is 3.23. The number of rotatable bonds is 4. The molecule has 0 aliphatic carbocycles. The van der Waals surface area contributed by atoms with Gasteiger partial charge in [0.05, 0.1) is 12.3 Å². The van der Waals surface area contributed by atoms with Crippen LogP contribution in [0.2, 0.25) is 0 Å². The highest BCUT2D eigenvalue weighted by Gasteiger charge is 2.43. The molecule has 4 rings (SSSR count). The monoisotopic (exact) mass is 404 g/mol. The van der Waals surface area contributed by atoms with E-state index in [1.807, 2.05) is 18.7 Å². The molecule has 0 bridgehead atoms.